The summed E-state index contributed by atoms with van der Waals surface area (Å²) < 4.78 is 6.89. The predicted octanol–water partition coefficient (Wildman–Crippen LogP) is 2.98. The molecular weight excluding hydrogens is 318 g/mol. The maximum Gasteiger partial charge on any atom is 0.338 e. The highest BCUT2D eigenvalue weighted by atomic mass is 16.5. The van der Waals surface area contributed by atoms with Crippen LogP contribution in [0.2, 0.25) is 0 Å². The number of nitrogens with one attached hydrogen (secondary N) is 1. The van der Waals surface area contributed by atoms with Crippen LogP contribution in [0.25, 0.3) is 5.69 Å². The third kappa shape index (κ3) is 4.11. The molecule has 1 N–H and O–H groups in total. The summed E-state index contributed by atoms with van der Waals surface area (Å²) in [6, 6.07) is 14.3. The van der Waals surface area contributed by atoms with E-state index < -0.39 is 5.97 Å². The van der Waals surface area contributed by atoms with E-state index in [9.17, 15) is 9.59 Å². The lowest BCUT2D eigenvalue weighted by Crippen LogP contribution is -2.21. The first-order chi connectivity index (χ1) is 12.1. The highest BCUT2D eigenvalue weighted by Crippen LogP contribution is 2.13. The lowest BCUT2D eigenvalue weighted by Gasteiger charge is -2.09. The maximum atomic E-state index is 12.0. The molecule has 0 saturated heterocycles. The second kappa shape index (κ2) is 7.44. The number of anilines is 1. The maximum absolute atomic E-state index is 12.0. The highest BCUT2D eigenvalue weighted by Gasteiger charge is 2.11. The summed E-state index contributed by atoms with van der Waals surface area (Å²) in [6.07, 6.45) is 5.15. The van der Waals surface area contributed by atoms with Gasteiger partial charge in [0.25, 0.3) is 5.91 Å². The Labute approximate surface area is 145 Å². The molecule has 6 heteroatoms. The summed E-state index contributed by atoms with van der Waals surface area (Å²) in [5.74, 6) is -0.921. The van der Waals surface area contributed by atoms with Gasteiger partial charge < -0.3 is 14.6 Å². The van der Waals surface area contributed by atoms with Crippen LogP contribution in [0.1, 0.15) is 15.9 Å². The van der Waals surface area contributed by atoms with Gasteiger partial charge in [0.15, 0.2) is 6.61 Å². The Hall–Kier alpha value is -3.41. The molecule has 2 aromatic carbocycles. The predicted molar refractivity (Wildman–Crippen MR) is 93.7 cm³/mol. The van der Waals surface area contributed by atoms with Gasteiger partial charge in [-0.2, -0.15) is 0 Å². The summed E-state index contributed by atoms with van der Waals surface area (Å²) in [4.78, 5) is 27.9. The quantitative estimate of drug-likeness (QED) is 0.728. The summed E-state index contributed by atoms with van der Waals surface area (Å²) in [7, 11) is 0. The standard InChI is InChI=1S/C19H17N3O3/c1-14-4-2-3-5-17(14)21-18(23)12-25-19(24)15-6-8-16(9-7-15)22-11-10-20-13-22/h2-11,13H,12H2,1H3,(H,21,23). The Bertz CT molecular complexity index is 871. The molecule has 1 aromatic heterocycles. The summed E-state index contributed by atoms with van der Waals surface area (Å²) in [5, 5.41) is 2.72. The Morgan fingerprint density at radius 3 is 2.56 bits per heavy atom. The van der Waals surface area contributed by atoms with Gasteiger partial charge in [-0.3, -0.25) is 4.79 Å². The van der Waals surface area contributed by atoms with Crippen LogP contribution in [0, 0.1) is 6.92 Å². The number of hydrogen-bond acceptors (Lipinski definition) is 4. The van der Waals surface area contributed by atoms with Gasteiger partial charge in [0.1, 0.15) is 0 Å². The molecule has 0 bridgehead atoms. The third-order valence-electron chi connectivity index (χ3n) is 3.66. The number of benzene rings is 2. The molecule has 25 heavy (non-hydrogen) atoms. The first kappa shape index (κ1) is 16.4. The number of aromatic nitrogens is 2. The molecule has 6 nitrogen and oxygen atoms in total. The van der Waals surface area contributed by atoms with Crippen molar-refractivity contribution in [1.29, 1.82) is 0 Å². The van der Waals surface area contributed by atoms with Gasteiger partial charge in [0.05, 0.1) is 11.9 Å². The van der Waals surface area contributed by atoms with Crippen LogP contribution in [-0.2, 0) is 9.53 Å². The van der Waals surface area contributed by atoms with Gasteiger partial charge in [-0.05, 0) is 42.8 Å². The van der Waals surface area contributed by atoms with E-state index >= 15 is 0 Å². The number of ether oxygens (including phenoxy) is 1. The Balaban J connectivity index is 1.55. The zero-order valence-electron chi connectivity index (χ0n) is 13.7. The number of hydrogen-bond donors (Lipinski definition) is 1. The van der Waals surface area contributed by atoms with Gasteiger partial charge >= 0.3 is 5.97 Å². The normalized spacial score (nSPS) is 10.3. The number of amides is 1. The molecule has 0 atom stereocenters. The zero-order valence-corrected chi connectivity index (χ0v) is 13.7. The van der Waals surface area contributed by atoms with Crippen molar-refractivity contribution < 1.29 is 14.3 Å². The topological polar surface area (TPSA) is 73.2 Å². The van der Waals surface area contributed by atoms with E-state index in [1.165, 1.54) is 0 Å². The summed E-state index contributed by atoms with van der Waals surface area (Å²) in [6.45, 7) is 1.56. The van der Waals surface area contributed by atoms with E-state index in [0.717, 1.165) is 11.3 Å². The number of esters is 1. The van der Waals surface area contributed by atoms with Crippen molar-refractivity contribution in [3.63, 3.8) is 0 Å². The van der Waals surface area contributed by atoms with Gasteiger partial charge in [0.2, 0.25) is 0 Å². The number of aryl methyl sites for hydroxylation is 1. The monoisotopic (exact) mass is 335 g/mol. The molecule has 1 heterocycles. The number of imidazole rings is 1. The average Bonchev–Trinajstić information content (AvgIpc) is 3.16. The molecule has 0 saturated carbocycles. The Morgan fingerprint density at radius 2 is 1.88 bits per heavy atom. The second-order valence-corrected chi connectivity index (χ2v) is 5.46. The lowest BCUT2D eigenvalue weighted by atomic mass is 10.2. The molecule has 0 radical (unpaired) electrons. The van der Waals surface area contributed by atoms with Crippen molar-refractivity contribution >= 4 is 17.6 Å². The number of nitrogens with zero attached hydrogens (tertiary/aromatic N) is 2. The molecule has 3 aromatic rings. The largest absolute Gasteiger partial charge is 0.452 e. The van der Waals surface area contributed by atoms with Crippen molar-refractivity contribution in [3.8, 4) is 5.69 Å². The number of para-hydroxylation sites is 1. The minimum atomic E-state index is -0.544. The van der Waals surface area contributed by atoms with Crippen molar-refractivity contribution in [2.75, 3.05) is 11.9 Å². The number of carbonyl (C=O) groups excluding carboxylic acids is 2. The lowest BCUT2D eigenvalue weighted by molar-refractivity contribution is -0.119. The SMILES string of the molecule is Cc1ccccc1NC(=O)COC(=O)c1ccc(-n2ccnc2)cc1. The molecule has 0 unspecified atom stereocenters. The first-order valence-electron chi connectivity index (χ1n) is 7.74. The van der Waals surface area contributed by atoms with Gasteiger partial charge in [-0.1, -0.05) is 18.2 Å². The van der Waals surface area contributed by atoms with E-state index in [1.54, 1.807) is 42.9 Å². The van der Waals surface area contributed by atoms with Crippen LogP contribution in [0.4, 0.5) is 5.69 Å². The minimum absolute atomic E-state index is 0.337. The van der Waals surface area contributed by atoms with Crippen LogP contribution in [0.3, 0.4) is 0 Å². The molecule has 0 spiro atoms. The van der Waals surface area contributed by atoms with Crippen LogP contribution in [0.15, 0.2) is 67.3 Å². The van der Waals surface area contributed by atoms with Crippen molar-refractivity contribution in [2.24, 2.45) is 0 Å². The zero-order chi connectivity index (χ0) is 17.6. The van der Waals surface area contributed by atoms with E-state index in [2.05, 4.69) is 10.3 Å². The van der Waals surface area contributed by atoms with Crippen molar-refractivity contribution in [2.45, 2.75) is 6.92 Å². The fourth-order valence-corrected chi connectivity index (χ4v) is 2.30. The van der Waals surface area contributed by atoms with E-state index in [4.69, 9.17) is 4.74 Å². The minimum Gasteiger partial charge on any atom is -0.452 e. The third-order valence-corrected chi connectivity index (χ3v) is 3.66. The van der Waals surface area contributed by atoms with E-state index in [-0.39, 0.29) is 12.5 Å². The van der Waals surface area contributed by atoms with Crippen LogP contribution in [0.5, 0.6) is 0 Å². The van der Waals surface area contributed by atoms with Crippen molar-refractivity contribution in [1.82, 2.24) is 9.55 Å². The summed E-state index contributed by atoms with van der Waals surface area (Å²) >= 11 is 0. The number of rotatable bonds is 5. The number of carbonyl (C=O) groups is 2. The fourth-order valence-electron chi connectivity index (χ4n) is 2.30. The molecule has 126 valence electrons. The highest BCUT2D eigenvalue weighted by molar-refractivity contribution is 5.95. The molecule has 1 amide bonds. The van der Waals surface area contributed by atoms with Crippen LogP contribution < -0.4 is 5.32 Å². The fraction of sp³-hybridized carbons (Fsp3) is 0.105. The van der Waals surface area contributed by atoms with Gasteiger partial charge in [-0.25, -0.2) is 9.78 Å². The summed E-state index contributed by atoms with van der Waals surface area (Å²) in [5.41, 5.74) is 2.91. The average molecular weight is 335 g/mol. The van der Waals surface area contributed by atoms with Gasteiger partial charge in [-0.15, -0.1) is 0 Å². The first-order valence-corrected chi connectivity index (χ1v) is 7.74. The van der Waals surface area contributed by atoms with E-state index in [0.29, 0.717) is 11.3 Å². The Morgan fingerprint density at radius 1 is 1.12 bits per heavy atom. The molecule has 3 rings (SSSR count). The van der Waals surface area contributed by atoms with Gasteiger partial charge in [0, 0.05) is 23.8 Å². The molecule has 0 aliphatic rings. The second-order valence-electron chi connectivity index (χ2n) is 5.46. The molecule has 0 fully saturated rings. The van der Waals surface area contributed by atoms with Crippen LogP contribution >= 0.6 is 0 Å². The Kier molecular flexibility index (Phi) is 4.89. The smallest absolute Gasteiger partial charge is 0.338 e. The molecular formula is C19H17N3O3. The molecule has 0 aliphatic heterocycles. The van der Waals surface area contributed by atoms with E-state index in [1.807, 2.05) is 35.9 Å². The van der Waals surface area contributed by atoms with Crippen molar-refractivity contribution in [3.05, 3.63) is 78.4 Å². The van der Waals surface area contributed by atoms with Crippen LogP contribution in [-0.4, -0.2) is 28.0 Å². The molecule has 0 aliphatic carbocycles.